The van der Waals surface area contributed by atoms with Crippen LogP contribution in [0.25, 0.3) is 0 Å². The van der Waals surface area contributed by atoms with E-state index in [0.717, 1.165) is 19.5 Å². The standard InChI is InChI=1S/C17H22BrNS/c1-3-9-19-12-15(11-16-7-8-17(18)20-16)14-6-4-5-13(2)10-14/h4-8,10,15,19H,3,9,11-12H2,1-2H3. The molecule has 0 radical (unpaired) electrons. The summed E-state index contributed by atoms with van der Waals surface area (Å²) in [4.78, 5) is 1.45. The second-order valence-corrected chi connectivity index (χ2v) is 7.77. The Morgan fingerprint density at radius 3 is 2.75 bits per heavy atom. The van der Waals surface area contributed by atoms with Crippen molar-refractivity contribution in [3.63, 3.8) is 0 Å². The summed E-state index contributed by atoms with van der Waals surface area (Å²) in [7, 11) is 0. The van der Waals surface area contributed by atoms with Crippen LogP contribution < -0.4 is 5.32 Å². The van der Waals surface area contributed by atoms with Crippen molar-refractivity contribution in [1.82, 2.24) is 5.32 Å². The summed E-state index contributed by atoms with van der Waals surface area (Å²) in [6.45, 7) is 6.52. The van der Waals surface area contributed by atoms with Gasteiger partial charge in [0.2, 0.25) is 0 Å². The molecule has 3 heteroatoms. The molecule has 2 aromatic rings. The summed E-state index contributed by atoms with van der Waals surface area (Å²) < 4.78 is 1.22. The van der Waals surface area contributed by atoms with E-state index in [9.17, 15) is 0 Å². The van der Waals surface area contributed by atoms with Gasteiger partial charge < -0.3 is 5.32 Å². The lowest BCUT2D eigenvalue weighted by molar-refractivity contribution is 0.579. The summed E-state index contributed by atoms with van der Waals surface area (Å²) in [5.74, 6) is 0.548. The highest BCUT2D eigenvalue weighted by Gasteiger charge is 2.13. The Bertz CT molecular complexity index is 535. The van der Waals surface area contributed by atoms with Crippen LogP contribution in [0, 0.1) is 6.92 Å². The Morgan fingerprint density at radius 2 is 2.10 bits per heavy atom. The molecule has 1 unspecified atom stereocenters. The first-order chi connectivity index (χ1) is 9.69. The lowest BCUT2D eigenvalue weighted by Crippen LogP contribution is -2.23. The van der Waals surface area contributed by atoms with Gasteiger partial charge in [-0.25, -0.2) is 0 Å². The Balaban J connectivity index is 2.11. The van der Waals surface area contributed by atoms with Crippen LogP contribution >= 0.6 is 27.3 Å². The fraction of sp³-hybridized carbons (Fsp3) is 0.412. The molecule has 1 aromatic carbocycles. The first kappa shape index (κ1) is 15.7. The summed E-state index contributed by atoms with van der Waals surface area (Å²) in [5, 5.41) is 3.57. The van der Waals surface area contributed by atoms with Crippen molar-refractivity contribution in [3.8, 4) is 0 Å². The van der Waals surface area contributed by atoms with E-state index >= 15 is 0 Å². The Morgan fingerprint density at radius 1 is 1.25 bits per heavy atom. The van der Waals surface area contributed by atoms with Crippen LogP contribution in [0.4, 0.5) is 0 Å². The lowest BCUT2D eigenvalue weighted by atomic mass is 9.93. The van der Waals surface area contributed by atoms with E-state index in [1.165, 1.54) is 26.2 Å². The minimum atomic E-state index is 0.548. The maximum Gasteiger partial charge on any atom is 0.0701 e. The number of halogens is 1. The number of hydrogen-bond donors (Lipinski definition) is 1. The zero-order valence-electron chi connectivity index (χ0n) is 12.2. The smallest absolute Gasteiger partial charge is 0.0701 e. The Kier molecular flexibility index (Phi) is 6.27. The SMILES string of the molecule is CCCNCC(Cc1ccc(Br)s1)c1cccc(C)c1. The zero-order chi connectivity index (χ0) is 14.4. The third-order valence-electron chi connectivity index (χ3n) is 3.41. The molecule has 0 spiro atoms. The number of hydrogen-bond acceptors (Lipinski definition) is 2. The van der Waals surface area contributed by atoms with E-state index in [1.807, 2.05) is 11.3 Å². The van der Waals surface area contributed by atoms with E-state index in [-0.39, 0.29) is 0 Å². The highest BCUT2D eigenvalue weighted by Crippen LogP contribution is 2.28. The van der Waals surface area contributed by atoms with Crippen LogP contribution in [-0.4, -0.2) is 13.1 Å². The normalized spacial score (nSPS) is 12.6. The summed E-state index contributed by atoms with van der Waals surface area (Å²) in [6, 6.07) is 13.3. The van der Waals surface area contributed by atoms with E-state index in [2.05, 4.69) is 71.5 Å². The average molecular weight is 352 g/mol. The predicted molar refractivity (Wildman–Crippen MR) is 92.8 cm³/mol. The van der Waals surface area contributed by atoms with E-state index in [4.69, 9.17) is 0 Å². The fourth-order valence-corrected chi connectivity index (χ4v) is 3.95. The predicted octanol–water partition coefficient (Wildman–Crippen LogP) is 5.14. The highest BCUT2D eigenvalue weighted by molar-refractivity contribution is 9.11. The maximum atomic E-state index is 3.57. The van der Waals surface area contributed by atoms with Crippen molar-refractivity contribution in [2.24, 2.45) is 0 Å². The van der Waals surface area contributed by atoms with Gasteiger partial charge in [-0.3, -0.25) is 0 Å². The maximum absolute atomic E-state index is 3.57. The summed E-state index contributed by atoms with van der Waals surface area (Å²) in [6.07, 6.45) is 2.29. The average Bonchev–Trinajstić information content (AvgIpc) is 2.83. The first-order valence-corrected chi connectivity index (χ1v) is 8.81. The van der Waals surface area contributed by atoms with E-state index in [1.54, 1.807) is 0 Å². The van der Waals surface area contributed by atoms with Gasteiger partial charge in [-0.2, -0.15) is 0 Å². The quantitative estimate of drug-likeness (QED) is 0.680. The molecule has 1 N–H and O–H groups in total. The molecule has 0 amide bonds. The number of aryl methyl sites for hydroxylation is 1. The molecule has 20 heavy (non-hydrogen) atoms. The van der Waals surface area contributed by atoms with Gasteiger partial charge in [0.25, 0.3) is 0 Å². The number of benzene rings is 1. The third kappa shape index (κ3) is 4.72. The molecule has 0 saturated heterocycles. The van der Waals surface area contributed by atoms with E-state index in [0.29, 0.717) is 5.92 Å². The van der Waals surface area contributed by atoms with Crippen LogP contribution in [0.2, 0.25) is 0 Å². The first-order valence-electron chi connectivity index (χ1n) is 7.20. The monoisotopic (exact) mass is 351 g/mol. The van der Waals surface area contributed by atoms with Gasteiger partial charge in [0, 0.05) is 17.3 Å². The minimum absolute atomic E-state index is 0.548. The van der Waals surface area contributed by atoms with Gasteiger partial charge >= 0.3 is 0 Å². The minimum Gasteiger partial charge on any atom is -0.316 e. The molecule has 0 aliphatic heterocycles. The second kappa shape index (κ2) is 7.96. The van der Waals surface area contributed by atoms with Gasteiger partial charge in [0.1, 0.15) is 0 Å². The van der Waals surface area contributed by atoms with Crippen molar-refractivity contribution in [1.29, 1.82) is 0 Å². The van der Waals surface area contributed by atoms with Crippen LogP contribution in [0.1, 0.15) is 35.3 Å². The largest absolute Gasteiger partial charge is 0.316 e. The number of thiophene rings is 1. The molecule has 0 saturated carbocycles. The van der Waals surface area contributed by atoms with Crippen LogP contribution in [-0.2, 0) is 6.42 Å². The zero-order valence-corrected chi connectivity index (χ0v) is 14.6. The second-order valence-electron chi connectivity index (χ2n) is 5.23. The molecule has 0 fully saturated rings. The van der Waals surface area contributed by atoms with Crippen molar-refractivity contribution >= 4 is 27.3 Å². The van der Waals surface area contributed by atoms with Crippen LogP contribution in [0.15, 0.2) is 40.2 Å². The molecule has 2 rings (SSSR count). The molecule has 1 atom stereocenters. The molecule has 1 aromatic heterocycles. The van der Waals surface area contributed by atoms with Crippen molar-refractivity contribution in [2.45, 2.75) is 32.6 Å². The van der Waals surface area contributed by atoms with Gasteiger partial charge in [-0.15, -0.1) is 11.3 Å². The topological polar surface area (TPSA) is 12.0 Å². The molecule has 0 aliphatic rings. The Labute approximate surface area is 134 Å². The molecule has 1 nitrogen and oxygen atoms in total. The van der Waals surface area contributed by atoms with Gasteiger partial charge in [0.15, 0.2) is 0 Å². The third-order valence-corrected chi connectivity index (χ3v) is 5.05. The van der Waals surface area contributed by atoms with Crippen molar-refractivity contribution in [3.05, 3.63) is 56.2 Å². The van der Waals surface area contributed by atoms with Gasteiger partial charge in [-0.05, 0) is 59.9 Å². The molecular formula is C17H22BrNS. The molecule has 1 heterocycles. The summed E-state index contributed by atoms with van der Waals surface area (Å²) in [5.41, 5.74) is 2.79. The lowest BCUT2D eigenvalue weighted by Gasteiger charge is -2.18. The van der Waals surface area contributed by atoms with Gasteiger partial charge in [-0.1, -0.05) is 36.8 Å². The molecule has 0 aliphatic carbocycles. The molecule has 108 valence electrons. The van der Waals surface area contributed by atoms with Gasteiger partial charge in [0.05, 0.1) is 3.79 Å². The Hall–Kier alpha value is -0.640. The van der Waals surface area contributed by atoms with Crippen LogP contribution in [0.3, 0.4) is 0 Å². The summed E-state index contributed by atoms with van der Waals surface area (Å²) >= 11 is 5.40. The van der Waals surface area contributed by atoms with Crippen molar-refractivity contribution in [2.75, 3.05) is 13.1 Å². The molecular weight excluding hydrogens is 330 g/mol. The van der Waals surface area contributed by atoms with Crippen LogP contribution in [0.5, 0.6) is 0 Å². The fourth-order valence-electron chi connectivity index (χ4n) is 2.39. The number of rotatable bonds is 7. The van der Waals surface area contributed by atoms with E-state index < -0.39 is 0 Å². The molecule has 0 bridgehead atoms. The number of nitrogens with one attached hydrogen (secondary N) is 1. The van der Waals surface area contributed by atoms with Crippen molar-refractivity contribution < 1.29 is 0 Å². The highest BCUT2D eigenvalue weighted by atomic mass is 79.9.